The molecular formula is C14H11ClN4O. The van der Waals surface area contributed by atoms with Crippen LogP contribution in [0.25, 0.3) is 0 Å². The normalized spacial score (nSPS) is 9.65. The first-order valence-electron chi connectivity index (χ1n) is 5.79. The van der Waals surface area contributed by atoms with E-state index in [9.17, 15) is 4.79 Å². The number of benzene rings is 1. The number of hydrogen-bond donors (Lipinski definition) is 2. The molecule has 0 atom stereocenters. The Balaban J connectivity index is 2.23. The number of carbonyl (C=O) groups excluding carboxylic acids is 1. The average Bonchev–Trinajstić information content (AvgIpc) is 2.46. The number of hydrogen-bond acceptors (Lipinski definition) is 4. The third-order valence-electron chi connectivity index (χ3n) is 2.56. The van der Waals surface area contributed by atoms with E-state index >= 15 is 0 Å². The zero-order valence-electron chi connectivity index (χ0n) is 10.6. The minimum absolute atomic E-state index is 0.229. The SMILES string of the molecule is CNc1cc(C(=O)Nc2cccc(C#N)c2)cc(Cl)n1. The molecule has 0 fully saturated rings. The summed E-state index contributed by atoms with van der Waals surface area (Å²) < 4.78 is 0. The van der Waals surface area contributed by atoms with Gasteiger partial charge in [0.25, 0.3) is 5.91 Å². The second-order valence-corrected chi connectivity index (χ2v) is 4.35. The van der Waals surface area contributed by atoms with E-state index in [-0.39, 0.29) is 11.1 Å². The van der Waals surface area contributed by atoms with Gasteiger partial charge in [-0.3, -0.25) is 4.79 Å². The van der Waals surface area contributed by atoms with Crippen molar-refractivity contribution in [2.24, 2.45) is 0 Å². The molecule has 100 valence electrons. The number of aromatic nitrogens is 1. The Kier molecular flexibility index (Phi) is 4.18. The maximum absolute atomic E-state index is 12.1. The standard InChI is InChI=1S/C14H11ClN4O/c1-17-13-7-10(6-12(15)19-13)14(20)18-11-4-2-3-9(5-11)8-16/h2-7H,1H3,(H,17,19)(H,18,20). The van der Waals surface area contributed by atoms with Gasteiger partial charge in [0.15, 0.2) is 0 Å². The van der Waals surface area contributed by atoms with Crippen molar-refractivity contribution in [2.45, 2.75) is 0 Å². The number of nitrogens with zero attached hydrogens (tertiary/aromatic N) is 2. The number of pyridine rings is 1. The van der Waals surface area contributed by atoms with Gasteiger partial charge in [0.1, 0.15) is 11.0 Å². The zero-order valence-corrected chi connectivity index (χ0v) is 11.4. The molecule has 2 aromatic rings. The van der Waals surface area contributed by atoms with Crippen molar-refractivity contribution >= 4 is 29.0 Å². The van der Waals surface area contributed by atoms with Crippen molar-refractivity contribution in [3.8, 4) is 6.07 Å². The van der Waals surface area contributed by atoms with Crippen LogP contribution in [-0.2, 0) is 0 Å². The molecule has 0 saturated carbocycles. The molecule has 5 nitrogen and oxygen atoms in total. The lowest BCUT2D eigenvalue weighted by Gasteiger charge is -2.07. The van der Waals surface area contributed by atoms with Crippen molar-refractivity contribution in [2.75, 3.05) is 17.7 Å². The van der Waals surface area contributed by atoms with Gasteiger partial charge in [-0.05, 0) is 30.3 Å². The first kappa shape index (κ1) is 13.8. The highest BCUT2D eigenvalue weighted by Crippen LogP contribution is 2.16. The van der Waals surface area contributed by atoms with E-state index in [4.69, 9.17) is 16.9 Å². The van der Waals surface area contributed by atoms with E-state index in [0.29, 0.717) is 22.6 Å². The Bertz CT molecular complexity index is 694. The Morgan fingerprint density at radius 3 is 2.85 bits per heavy atom. The molecule has 1 amide bonds. The Labute approximate surface area is 121 Å². The minimum Gasteiger partial charge on any atom is -0.373 e. The van der Waals surface area contributed by atoms with Gasteiger partial charge in [-0.25, -0.2) is 4.98 Å². The molecule has 0 saturated heterocycles. The van der Waals surface area contributed by atoms with Gasteiger partial charge in [-0.2, -0.15) is 5.26 Å². The van der Waals surface area contributed by atoms with Crippen LogP contribution in [0.2, 0.25) is 5.15 Å². The number of halogens is 1. The third kappa shape index (κ3) is 3.25. The number of nitrogens with one attached hydrogen (secondary N) is 2. The number of nitriles is 1. The predicted octanol–water partition coefficient (Wildman–Crippen LogP) is 2.90. The van der Waals surface area contributed by atoms with Crippen LogP contribution >= 0.6 is 11.6 Å². The molecule has 20 heavy (non-hydrogen) atoms. The van der Waals surface area contributed by atoms with Crippen molar-refractivity contribution in [3.05, 3.63) is 52.7 Å². The summed E-state index contributed by atoms with van der Waals surface area (Å²) in [6.07, 6.45) is 0. The van der Waals surface area contributed by atoms with E-state index in [1.54, 1.807) is 37.4 Å². The number of carbonyl (C=O) groups is 1. The maximum atomic E-state index is 12.1. The lowest BCUT2D eigenvalue weighted by atomic mass is 10.2. The summed E-state index contributed by atoms with van der Waals surface area (Å²) in [6.45, 7) is 0. The number of anilines is 2. The molecule has 0 unspecified atom stereocenters. The van der Waals surface area contributed by atoms with Crippen LogP contribution in [0.15, 0.2) is 36.4 Å². The molecule has 0 radical (unpaired) electrons. The molecule has 6 heteroatoms. The maximum Gasteiger partial charge on any atom is 0.255 e. The quantitative estimate of drug-likeness (QED) is 0.851. The van der Waals surface area contributed by atoms with E-state index in [1.165, 1.54) is 6.07 Å². The predicted molar refractivity (Wildman–Crippen MR) is 77.9 cm³/mol. The first-order chi connectivity index (χ1) is 9.62. The summed E-state index contributed by atoms with van der Waals surface area (Å²) in [5.74, 6) is 0.189. The van der Waals surface area contributed by atoms with Crippen LogP contribution in [0.4, 0.5) is 11.5 Å². The van der Waals surface area contributed by atoms with Crippen LogP contribution in [0.3, 0.4) is 0 Å². The van der Waals surface area contributed by atoms with Gasteiger partial charge in [0.2, 0.25) is 0 Å². The average molecular weight is 287 g/mol. The van der Waals surface area contributed by atoms with Crippen molar-refractivity contribution in [1.82, 2.24) is 4.98 Å². The third-order valence-corrected chi connectivity index (χ3v) is 2.76. The van der Waals surface area contributed by atoms with Crippen LogP contribution in [0.1, 0.15) is 15.9 Å². The first-order valence-corrected chi connectivity index (χ1v) is 6.17. The molecule has 2 N–H and O–H groups in total. The second kappa shape index (κ2) is 6.04. The fraction of sp³-hybridized carbons (Fsp3) is 0.0714. The van der Waals surface area contributed by atoms with Crippen LogP contribution in [0, 0.1) is 11.3 Å². The van der Waals surface area contributed by atoms with E-state index in [2.05, 4.69) is 15.6 Å². The zero-order chi connectivity index (χ0) is 14.5. The van der Waals surface area contributed by atoms with Crippen molar-refractivity contribution in [3.63, 3.8) is 0 Å². The second-order valence-electron chi connectivity index (χ2n) is 3.96. The van der Waals surface area contributed by atoms with Gasteiger partial charge in [0.05, 0.1) is 11.6 Å². The van der Waals surface area contributed by atoms with Gasteiger partial charge in [0, 0.05) is 18.3 Å². The minimum atomic E-state index is -0.319. The molecule has 0 aliphatic heterocycles. The summed E-state index contributed by atoms with van der Waals surface area (Å²) in [5.41, 5.74) is 1.41. The van der Waals surface area contributed by atoms with Gasteiger partial charge in [-0.1, -0.05) is 17.7 Å². The van der Waals surface area contributed by atoms with Crippen LogP contribution in [-0.4, -0.2) is 17.9 Å². The molecule has 0 aliphatic rings. The van der Waals surface area contributed by atoms with E-state index in [0.717, 1.165) is 0 Å². The number of rotatable bonds is 3. The fourth-order valence-corrected chi connectivity index (χ4v) is 1.83. The smallest absolute Gasteiger partial charge is 0.255 e. The largest absolute Gasteiger partial charge is 0.373 e. The van der Waals surface area contributed by atoms with Crippen LogP contribution < -0.4 is 10.6 Å². The summed E-state index contributed by atoms with van der Waals surface area (Å²) in [7, 11) is 1.69. The van der Waals surface area contributed by atoms with Gasteiger partial charge >= 0.3 is 0 Å². The highest BCUT2D eigenvalue weighted by molar-refractivity contribution is 6.30. The molecule has 0 aliphatic carbocycles. The number of amides is 1. The molecule has 0 spiro atoms. The molecule has 1 aromatic heterocycles. The Morgan fingerprint density at radius 1 is 1.35 bits per heavy atom. The Hall–Kier alpha value is -2.58. The van der Waals surface area contributed by atoms with E-state index < -0.39 is 0 Å². The van der Waals surface area contributed by atoms with Gasteiger partial charge < -0.3 is 10.6 Å². The van der Waals surface area contributed by atoms with E-state index in [1.807, 2.05) is 6.07 Å². The van der Waals surface area contributed by atoms with Crippen molar-refractivity contribution < 1.29 is 4.79 Å². The highest BCUT2D eigenvalue weighted by atomic mass is 35.5. The van der Waals surface area contributed by atoms with Crippen molar-refractivity contribution in [1.29, 1.82) is 5.26 Å². The fourth-order valence-electron chi connectivity index (χ4n) is 1.63. The van der Waals surface area contributed by atoms with Gasteiger partial charge in [-0.15, -0.1) is 0 Å². The molecular weight excluding hydrogens is 276 g/mol. The molecule has 1 heterocycles. The highest BCUT2D eigenvalue weighted by Gasteiger charge is 2.09. The summed E-state index contributed by atoms with van der Waals surface area (Å²) in [5, 5.41) is 14.6. The lowest BCUT2D eigenvalue weighted by molar-refractivity contribution is 0.102. The summed E-state index contributed by atoms with van der Waals surface area (Å²) in [4.78, 5) is 16.1. The molecule has 1 aromatic carbocycles. The monoisotopic (exact) mass is 286 g/mol. The molecule has 0 bridgehead atoms. The van der Waals surface area contributed by atoms with Crippen LogP contribution in [0.5, 0.6) is 0 Å². The summed E-state index contributed by atoms with van der Waals surface area (Å²) >= 11 is 5.85. The lowest BCUT2D eigenvalue weighted by Crippen LogP contribution is -2.12. The molecule has 2 rings (SSSR count). The Morgan fingerprint density at radius 2 is 2.15 bits per heavy atom. The summed E-state index contributed by atoms with van der Waals surface area (Å²) in [6, 6.07) is 11.8. The topological polar surface area (TPSA) is 77.8 Å².